The molecule has 2 aromatic heterocycles. The van der Waals surface area contributed by atoms with Crippen molar-refractivity contribution in [3.8, 4) is 9.88 Å². The zero-order chi connectivity index (χ0) is 10.9. The molecule has 0 aromatic carbocycles. The average molecular weight is 239 g/mol. The topological polar surface area (TPSA) is 51.8 Å². The maximum atomic E-state index is 6.14. The Balaban J connectivity index is 2.33. The van der Waals surface area contributed by atoms with Crippen molar-refractivity contribution in [1.29, 1.82) is 0 Å². The fraction of sp³-hybridized carbons (Fsp3) is 0.400. The van der Waals surface area contributed by atoms with Crippen molar-refractivity contribution >= 4 is 22.7 Å². The number of rotatable bonds is 3. The quantitative estimate of drug-likeness (QED) is 0.896. The van der Waals surface area contributed by atoms with Crippen LogP contribution in [0.1, 0.15) is 26.0 Å². The highest BCUT2D eigenvalue weighted by Gasteiger charge is 2.22. The molecule has 0 fully saturated rings. The molecule has 1 unspecified atom stereocenters. The minimum absolute atomic E-state index is 0.320. The van der Waals surface area contributed by atoms with E-state index in [4.69, 9.17) is 5.73 Å². The van der Waals surface area contributed by atoms with E-state index in [9.17, 15) is 0 Å². The summed E-state index contributed by atoms with van der Waals surface area (Å²) >= 11 is 3.23. The second-order valence-electron chi connectivity index (χ2n) is 3.67. The van der Waals surface area contributed by atoms with Gasteiger partial charge in [-0.3, -0.25) is 4.98 Å². The fourth-order valence-electron chi connectivity index (χ4n) is 1.15. The van der Waals surface area contributed by atoms with E-state index in [1.807, 2.05) is 24.0 Å². The first-order valence-corrected chi connectivity index (χ1v) is 6.53. The van der Waals surface area contributed by atoms with Gasteiger partial charge in [0.2, 0.25) is 0 Å². The Bertz CT molecular complexity index is 431. The summed E-state index contributed by atoms with van der Waals surface area (Å²) in [5, 5.41) is 3.05. The lowest BCUT2D eigenvalue weighted by Crippen LogP contribution is -2.32. The van der Waals surface area contributed by atoms with E-state index in [0.717, 1.165) is 22.0 Å². The Kier molecular flexibility index (Phi) is 2.86. The second kappa shape index (κ2) is 4.00. The predicted molar refractivity (Wildman–Crippen MR) is 65.1 cm³/mol. The Morgan fingerprint density at radius 2 is 2.27 bits per heavy atom. The van der Waals surface area contributed by atoms with Crippen LogP contribution in [0.25, 0.3) is 9.88 Å². The predicted octanol–water partition coefficient (Wildman–Crippen LogP) is 2.85. The van der Waals surface area contributed by atoms with Gasteiger partial charge in [0.1, 0.15) is 5.01 Å². The third-order valence-corrected chi connectivity index (χ3v) is 4.25. The highest BCUT2D eigenvalue weighted by molar-refractivity contribution is 7.19. The van der Waals surface area contributed by atoms with Crippen LogP contribution in [0.4, 0.5) is 0 Å². The molecule has 0 radical (unpaired) electrons. The van der Waals surface area contributed by atoms with Crippen LogP contribution in [0.3, 0.4) is 0 Å². The molecule has 0 saturated carbocycles. The van der Waals surface area contributed by atoms with Gasteiger partial charge in [0, 0.05) is 11.6 Å². The van der Waals surface area contributed by atoms with Crippen molar-refractivity contribution in [2.75, 3.05) is 0 Å². The number of nitrogens with zero attached hydrogens (tertiary/aromatic N) is 2. The SMILES string of the molecule is CCC(C)(N)c1csc(-c2cncs2)n1. The summed E-state index contributed by atoms with van der Waals surface area (Å²) in [7, 11) is 0. The zero-order valence-electron chi connectivity index (χ0n) is 8.73. The molecule has 15 heavy (non-hydrogen) atoms. The van der Waals surface area contributed by atoms with Crippen LogP contribution in [0.5, 0.6) is 0 Å². The van der Waals surface area contributed by atoms with E-state index in [1.165, 1.54) is 0 Å². The smallest absolute Gasteiger partial charge is 0.135 e. The Morgan fingerprint density at radius 3 is 2.87 bits per heavy atom. The summed E-state index contributed by atoms with van der Waals surface area (Å²) in [6.45, 7) is 4.09. The van der Waals surface area contributed by atoms with Gasteiger partial charge in [-0.15, -0.1) is 22.7 Å². The molecule has 80 valence electrons. The molecule has 1 atom stereocenters. The molecule has 0 spiro atoms. The third-order valence-electron chi connectivity index (χ3n) is 2.47. The summed E-state index contributed by atoms with van der Waals surface area (Å²) in [5.74, 6) is 0. The minimum atomic E-state index is -0.320. The molecule has 0 bridgehead atoms. The highest BCUT2D eigenvalue weighted by atomic mass is 32.1. The van der Waals surface area contributed by atoms with Crippen molar-refractivity contribution in [2.45, 2.75) is 25.8 Å². The first-order chi connectivity index (χ1) is 7.13. The minimum Gasteiger partial charge on any atom is -0.320 e. The second-order valence-corrected chi connectivity index (χ2v) is 5.42. The van der Waals surface area contributed by atoms with Gasteiger partial charge in [-0.1, -0.05) is 6.92 Å². The molecule has 0 aliphatic rings. The molecule has 0 aliphatic carbocycles. The van der Waals surface area contributed by atoms with Crippen molar-refractivity contribution in [3.05, 3.63) is 22.8 Å². The van der Waals surface area contributed by atoms with E-state index in [2.05, 4.69) is 16.9 Å². The maximum absolute atomic E-state index is 6.14. The van der Waals surface area contributed by atoms with Crippen LogP contribution in [0.15, 0.2) is 17.1 Å². The first kappa shape index (κ1) is 10.7. The van der Waals surface area contributed by atoms with Gasteiger partial charge < -0.3 is 5.73 Å². The lowest BCUT2D eigenvalue weighted by molar-refractivity contribution is 0.465. The summed E-state index contributed by atoms with van der Waals surface area (Å²) in [4.78, 5) is 9.71. The summed E-state index contributed by atoms with van der Waals surface area (Å²) in [5.41, 5.74) is 8.60. The van der Waals surface area contributed by atoms with E-state index >= 15 is 0 Å². The molecule has 0 saturated heterocycles. The van der Waals surface area contributed by atoms with Crippen molar-refractivity contribution in [3.63, 3.8) is 0 Å². The van der Waals surface area contributed by atoms with E-state index in [1.54, 1.807) is 22.7 Å². The summed E-state index contributed by atoms with van der Waals surface area (Å²) in [6.07, 6.45) is 2.73. The number of thiazole rings is 2. The van der Waals surface area contributed by atoms with Crippen molar-refractivity contribution in [2.24, 2.45) is 5.73 Å². The number of aromatic nitrogens is 2. The molecule has 2 N–H and O–H groups in total. The van der Waals surface area contributed by atoms with Gasteiger partial charge in [0.05, 0.1) is 21.6 Å². The van der Waals surface area contributed by atoms with E-state index in [0.29, 0.717) is 0 Å². The molecule has 2 heterocycles. The van der Waals surface area contributed by atoms with Crippen LogP contribution in [-0.4, -0.2) is 9.97 Å². The third kappa shape index (κ3) is 2.09. The number of nitrogens with two attached hydrogens (primary N) is 1. The Labute approximate surface area is 97.0 Å². The normalized spacial score (nSPS) is 15.1. The molecule has 2 aromatic rings. The van der Waals surface area contributed by atoms with Crippen LogP contribution >= 0.6 is 22.7 Å². The van der Waals surface area contributed by atoms with Gasteiger partial charge in [-0.2, -0.15) is 0 Å². The Hall–Kier alpha value is -0.780. The molecule has 2 rings (SSSR count). The zero-order valence-corrected chi connectivity index (χ0v) is 10.4. The van der Waals surface area contributed by atoms with Gasteiger partial charge in [0.15, 0.2) is 0 Å². The van der Waals surface area contributed by atoms with Gasteiger partial charge in [-0.05, 0) is 13.3 Å². The average Bonchev–Trinajstić information content (AvgIpc) is 2.88. The molecule has 0 aliphatic heterocycles. The lowest BCUT2D eigenvalue weighted by atomic mass is 9.97. The summed E-state index contributed by atoms with van der Waals surface area (Å²) < 4.78 is 0. The van der Waals surface area contributed by atoms with Crippen molar-refractivity contribution < 1.29 is 0 Å². The highest BCUT2D eigenvalue weighted by Crippen LogP contribution is 2.30. The largest absolute Gasteiger partial charge is 0.320 e. The standard InChI is InChI=1S/C10H13N3S2/c1-3-10(2,11)8-5-14-9(13-8)7-4-12-6-15-7/h4-6H,3,11H2,1-2H3. The molecule has 0 amide bonds. The Morgan fingerprint density at radius 1 is 1.47 bits per heavy atom. The molecule has 3 nitrogen and oxygen atoms in total. The number of hydrogen-bond acceptors (Lipinski definition) is 5. The van der Waals surface area contributed by atoms with Crippen molar-refractivity contribution in [1.82, 2.24) is 9.97 Å². The first-order valence-electron chi connectivity index (χ1n) is 4.77. The lowest BCUT2D eigenvalue weighted by Gasteiger charge is -2.19. The van der Waals surface area contributed by atoms with Crippen LogP contribution < -0.4 is 5.73 Å². The van der Waals surface area contributed by atoms with Crippen LogP contribution in [0, 0.1) is 0 Å². The van der Waals surface area contributed by atoms with Gasteiger partial charge in [0.25, 0.3) is 0 Å². The van der Waals surface area contributed by atoms with E-state index in [-0.39, 0.29) is 5.54 Å². The van der Waals surface area contributed by atoms with E-state index < -0.39 is 0 Å². The fourth-order valence-corrected chi connectivity index (χ4v) is 2.81. The number of hydrogen-bond donors (Lipinski definition) is 1. The van der Waals surface area contributed by atoms with Crippen LogP contribution in [0.2, 0.25) is 0 Å². The summed E-state index contributed by atoms with van der Waals surface area (Å²) in [6, 6.07) is 0. The molecule has 5 heteroatoms. The molecular weight excluding hydrogens is 226 g/mol. The van der Waals surface area contributed by atoms with Gasteiger partial charge >= 0.3 is 0 Å². The van der Waals surface area contributed by atoms with Crippen LogP contribution in [-0.2, 0) is 5.54 Å². The monoisotopic (exact) mass is 239 g/mol. The maximum Gasteiger partial charge on any atom is 0.135 e. The van der Waals surface area contributed by atoms with Gasteiger partial charge in [-0.25, -0.2) is 4.98 Å². The molecular formula is C10H13N3S2.